The molecule has 0 saturated heterocycles. The number of halogens is 2. The second-order valence-electron chi connectivity index (χ2n) is 4.72. The highest BCUT2D eigenvalue weighted by Gasteiger charge is 2.16. The fourth-order valence-electron chi connectivity index (χ4n) is 2.11. The molecule has 112 valence electrons. The lowest BCUT2D eigenvalue weighted by atomic mass is 9.98. The summed E-state index contributed by atoms with van der Waals surface area (Å²) in [5, 5.41) is 1.15. The molecule has 0 heterocycles. The van der Waals surface area contributed by atoms with Crippen LogP contribution in [0.5, 0.6) is 11.5 Å². The van der Waals surface area contributed by atoms with Gasteiger partial charge in [0.1, 0.15) is 0 Å². The molecular weight excluding hydrogens is 309 g/mol. The number of ether oxygens (including phenoxy) is 2. The van der Waals surface area contributed by atoms with E-state index in [0.717, 1.165) is 16.7 Å². The molecule has 0 aliphatic rings. The summed E-state index contributed by atoms with van der Waals surface area (Å²) in [7, 11) is 3.11. The van der Waals surface area contributed by atoms with Gasteiger partial charge < -0.3 is 15.2 Å². The number of benzene rings is 2. The lowest BCUT2D eigenvalue weighted by molar-refractivity contribution is 0.354. The molecule has 0 aromatic heterocycles. The van der Waals surface area contributed by atoms with Gasteiger partial charge in [-0.05, 0) is 41.8 Å². The molecule has 2 aromatic rings. The number of aryl methyl sites for hydroxylation is 1. The van der Waals surface area contributed by atoms with E-state index in [4.69, 9.17) is 38.4 Å². The van der Waals surface area contributed by atoms with Crippen molar-refractivity contribution in [3.05, 3.63) is 57.1 Å². The zero-order valence-corrected chi connectivity index (χ0v) is 13.6. The topological polar surface area (TPSA) is 44.5 Å². The van der Waals surface area contributed by atoms with Crippen molar-refractivity contribution < 1.29 is 9.47 Å². The molecule has 0 aliphatic carbocycles. The molecule has 0 saturated carbocycles. The number of rotatable bonds is 4. The third-order valence-electron chi connectivity index (χ3n) is 3.37. The first-order valence-corrected chi connectivity index (χ1v) is 7.16. The van der Waals surface area contributed by atoms with E-state index >= 15 is 0 Å². The zero-order chi connectivity index (χ0) is 15.6. The van der Waals surface area contributed by atoms with Gasteiger partial charge in [-0.15, -0.1) is 0 Å². The van der Waals surface area contributed by atoms with Crippen LogP contribution in [0.25, 0.3) is 0 Å². The van der Waals surface area contributed by atoms with E-state index in [1.165, 1.54) is 0 Å². The van der Waals surface area contributed by atoms with Crippen LogP contribution >= 0.6 is 23.2 Å². The Morgan fingerprint density at radius 2 is 1.62 bits per heavy atom. The second-order valence-corrected chi connectivity index (χ2v) is 5.54. The summed E-state index contributed by atoms with van der Waals surface area (Å²) < 4.78 is 10.5. The fourth-order valence-corrected chi connectivity index (χ4v) is 2.60. The lowest BCUT2D eigenvalue weighted by Crippen LogP contribution is -2.12. The predicted octanol–water partition coefficient (Wildman–Crippen LogP) is 4.37. The molecule has 0 radical (unpaired) electrons. The van der Waals surface area contributed by atoms with Crippen molar-refractivity contribution in [3.63, 3.8) is 0 Å². The van der Waals surface area contributed by atoms with E-state index in [9.17, 15) is 0 Å². The molecule has 0 amide bonds. The SMILES string of the molecule is COc1cc(C(N)c2ccc(C)c(Cl)c2)cc(Cl)c1OC. The normalized spacial score (nSPS) is 12.1. The molecule has 2 aromatic carbocycles. The number of hydrogen-bond donors (Lipinski definition) is 1. The molecule has 0 spiro atoms. The van der Waals surface area contributed by atoms with Crippen molar-refractivity contribution in [3.8, 4) is 11.5 Å². The third-order valence-corrected chi connectivity index (χ3v) is 4.06. The highest BCUT2D eigenvalue weighted by Crippen LogP contribution is 2.38. The van der Waals surface area contributed by atoms with Gasteiger partial charge in [0, 0.05) is 5.02 Å². The summed E-state index contributed by atoms with van der Waals surface area (Å²) in [6, 6.07) is 9.02. The molecular formula is C16H17Cl2NO2. The Balaban J connectivity index is 2.45. The number of hydrogen-bond acceptors (Lipinski definition) is 3. The van der Waals surface area contributed by atoms with E-state index in [-0.39, 0.29) is 6.04 Å². The van der Waals surface area contributed by atoms with Crippen LogP contribution in [0.15, 0.2) is 30.3 Å². The predicted molar refractivity (Wildman–Crippen MR) is 86.8 cm³/mol. The van der Waals surface area contributed by atoms with Gasteiger partial charge in [0.2, 0.25) is 0 Å². The summed E-state index contributed by atoms with van der Waals surface area (Å²) in [5.41, 5.74) is 9.06. The number of methoxy groups -OCH3 is 2. The van der Waals surface area contributed by atoms with Crippen molar-refractivity contribution >= 4 is 23.2 Å². The van der Waals surface area contributed by atoms with E-state index in [0.29, 0.717) is 21.5 Å². The highest BCUT2D eigenvalue weighted by atomic mass is 35.5. The Labute approximate surface area is 134 Å². The van der Waals surface area contributed by atoms with Crippen molar-refractivity contribution in [2.75, 3.05) is 14.2 Å². The van der Waals surface area contributed by atoms with E-state index in [2.05, 4.69) is 0 Å². The van der Waals surface area contributed by atoms with Gasteiger partial charge in [-0.1, -0.05) is 35.3 Å². The van der Waals surface area contributed by atoms with Gasteiger partial charge in [0.25, 0.3) is 0 Å². The standard InChI is InChI=1S/C16H17Cl2NO2/c1-9-4-5-10(6-12(9)17)15(19)11-7-13(18)16(21-3)14(8-11)20-2/h4-8,15H,19H2,1-3H3. The van der Waals surface area contributed by atoms with Gasteiger partial charge in [-0.2, -0.15) is 0 Å². The van der Waals surface area contributed by atoms with Crippen LogP contribution in [0.2, 0.25) is 10.0 Å². The summed E-state index contributed by atoms with van der Waals surface area (Å²) in [6.45, 7) is 1.95. The van der Waals surface area contributed by atoms with E-state index in [1.54, 1.807) is 20.3 Å². The molecule has 2 N–H and O–H groups in total. The summed E-state index contributed by atoms with van der Waals surface area (Å²) in [5.74, 6) is 1.05. The largest absolute Gasteiger partial charge is 0.493 e. The van der Waals surface area contributed by atoms with Gasteiger partial charge in [-0.3, -0.25) is 0 Å². The molecule has 0 aliphatic heterocycles. The quantitative estimate of drug-likeness (QED) is 0.907. The first-order chi connectivity index (χ1) is 9.97. The third kappa shape index (κ3) is 3.26. The first kappa shape index (κ1) is 16.0. The Kier molecular flexibility index (Phi) is 4.99. The van der Waals surface area contributed by atoms with Crippen LogP contribution in [0.1, 0.15) is 22.7 Å². The fraction of sp³-hybridized carbons (Fsp3) is 0.250. The van der Waals surface area contributed by atoms with Crippen LogP contribution in [-0.4, -0.2) is 14.2 Å². The van der Waals surface area contributed by atoms with E-state index < -0.39 is 0 Å². The first-order valence-electron chi connectivity index (χ1n) is 6.41. The van der Waals surface area contributed by atoms with Crippen molar-refractivity contribution in [2.24, 2.45) is 5.73 Å². The lowest BCUT2D eigenvalue weighted by Gasteiger charge is -2.17. The Morgan fingerprint density at radius 3 is 2.19 bits per heavy atom. The minimum Gasteiger partial charge on any atom is -0.493 e. The summed E-state index contributed by atoms with van der Waals surface area (Å²) >= 11 is 12.4. The monoisotopic (exact) mass is 325 g/mol. The molecule has 1 unspecified atom stereocenters. The van der Waals surface area contributed by atoms with Gasteiger partial charge in [0.05, 0.1) is 25.3 Å². The van der Waals surface area contributed by atoms with Crippen LogP contribution in [0.3, 0.4) is 0 Å². The molecule has 21 heavy (non-hydrogen) atoms. The van der Waals surface area contributed by atoms with Gasteiger partial charge in [0.15, 0.2) is 11.5 Å². The molecule has 2 rings (SSSR count). The second kappa shape index (κ2) is 6.56. The maximum Gasteiger partial charge on any atom is 0.179 e. The molecule has 0 bridgehead atoms. The van der Waals surface area contributed by atoms with Crippen molar-refractivity contribution in [1.82, 2.24) is 0 Å². The average molecular weight is 326 g/mol. The molecule has 3 nitrogen and oxygen atoms in total. The smallest absolute Gasteiger partial charge is 0.179 e. The highest BCUT2D eigenvalue weighted by molar-refractivity contribution is 6.32. The van der Waals surface area contributed by atoms with Crippen LogP contribution in [0, 0.1) is 6.92 Å². The summed E-state index contributed by atoms with van der Waals surface area (Å²) in [4.78, 5) is 0. The number of nitrogens with two attached hydrogens (primary N) is 1. The molecule has 5 heteroatoms. The maximum atomic E-state index is 6.31. The van der Waals surface area contributed by atoms with Crippen LogP contribution in [0.4, 0.5) is 0 Å². The van der Waals surface area contributed by atoms with Gasteiger partial charge in [-0.25, -0.2) is 0 Å². The molecule has 0 fully saturated rings. The van der Waals surface area contributed by atoms with Crippen molar-refractivity contribution in [2.45, 2.75) is 13.0 Å². The Hall–Kier alpha value is -1.42. The molecule has 1 atom stereocenters. The Bertz CT molecular complexity index is 659. The van der Waals surface area contributed by atoms with Gasteiger partial charge >= 0.3 is 0 Å². The average Bonchev–Trinajstić information content (AvgIpc) is 2.48. The van der Waals surface area contributed by atoms with Crippen LogP contribution < -0.4 is 15.2 Å². The maximum absolute atomic E-state index is 6.31. The van der Waals surface area contributed by atoms with E-state index in [1.807, 2.05) is 31.2 Å². The minimum absolute atomic E-state index is 0.347. The van der Waals surface area contributed by atoms with Crippen LogP contribution in [-0.2, 0) is 0 Å². The summed E-state index contributed by atoms with van der Waals surface area (Å²) in [6.07, 6.45) is 0. The Morgan fingerprint density at radius 1 is 0.952 bits per heavy atom. The zero-order valence-electron chi connectivity index (χ0n) is 12.1. The minimum atomic E-state index is -0.347. The van der Waals surface area contributed by atoms with Crippen molar-refractivity contribution in [1.29, 1.82) is 0 Å².